The number of piperidine rings is 1. The van der Waals surface area contributed by atoms with Crippen molar-refractivity contribution in [2.75, 3.05) is 32.1 Å². The number of carbonyl (C=O) groups excluding carboxylic acids is 1. The van der Waals surface area contributed by atoms with E-state index in [0.29, 0.717) is 24.9 Å². The fourth-order valence-corrected chi connectivity index (χ4v) is 5.74. The summed E-state index contributed by atoms with van der Waals surface area (Å²) in [5.74, 6) is 2.51. The van der Waals surface area contributed by atoms with Gasteiger partial charge in [0.2, 0.25) is 5.91 Å². The number of fused-ring (bicyclic) bond motifs is 2. The van der Waals surface area contributed by atoms with Crippen molar-refractivity contribution in [3.05, 3.63) is 47.5 Å². The van der Waals surface area contributed by atoms with Crippen LogP contribution in [0.3, 0.4) is 0 Å². The number of nitrogens with zero attached hydrogens (tertiary/aromatic N) is 2. The first-order chi connectivity index (χ1) is 14.3. The number of rotatable bonds is 4. The Balaban J connectivity index is 1.22. The second kappa shape index (κ2) is 8.24. The van der Waals surface area contributed by atoms with E-state index in [-0.39, 0.29) is 5.91 Å². The summed E-state index contributed by atoms with van der Waals surface area (Å²) in [6.45, 7) is 2.76. The molecule has 29 heavy (non-hydrogen) atoms. The van der Waals surface area contributed by atoms with E-state index in [4.69, 9.17) is 14.5 Å². The zero-order valence-corrected chi connectivity index (χ0v) is 17.6. The molecule has 0 aliphatic carbocycles. The van der Waals surface area contributed by atoms with Gasteiger partial charge in [-0.3, -0.25) is 4.79 Å². The second-order valence-corrected chi connectivity index (χ2v) is 9.40. The summed E-state index contributed by atoms with van der Waals surface area (Å²) in [7, 11) is 0. The van der Waals surface area contributed by atoms with E-state index in [2.05, 4.69) is 18.2 Å². The van der Waals surface area contributed by atoms with Crippen LogP contribution in [0.25, 0.3) is 10.2 Å². The molecule has 3 aromatic rings. The third-order valence-corrected chi connectivity index (χ3v) is 7.49. The van der Waals surface area contributed by atoms with Gasteiger partial charge in [-0.05, 0) is 43.2 Å². The monoisotopic (exact) mass is 426 g/mol. The highest BCUT2D eigenvalue weighted by molar-refractivity contribution is 8.00. The molecule has 3 heterocycles. The maximum absolute atomic E-state index is 12.8. The summed E-state index contributed by atoms with van der Waals surface area (Å²) >= 11 is 3.32. The van der Waals surface area contributed by atoms with Crippen LogP contribution in [0.5, 0.6) is 11.5 Å². The summed E-state index contributed by atoms with van der Waals surface area (Å²) in [5.41, 5.74) is 1.06. The Labute approximate surface area is 178 Å². The number of amides is 1. The molecule has 1 aromatic heterocycles. The minimum atomic E-state index is 0.190. The lowest BCUT2D eigenvalue weighted by atomic mass is 9.99. The van der Waals surface area contributed by atoms with E-state index in [9.17, 15) is 4.79 Å². The van der Waals surface area contributed by atoms with Crippen LogP contribution in [0.15, 0.2) is 47.4 Å². The number of hydrogen-bond donors (Lipinski definition) is 0. The van der Waals surface area contributed by atoms with E-state index >= 15 is 0 Å². The minimum absolute atomic E-state index is 0.190. The Hall–Kier alpha value is -2.25. The Bertz CT molecular complexity index is 1000. The van der Waals surface area contributed by atoms with Crippen LogP contribution in [-0.4, -0.2) is 47.8 Å². The Morgan fingerprint density at radius 2 is 2.03 bits per heavy atom. The zero-order chi connectivity index (χ0) is 19.6. The van der Waals surface area contributed by atoms with Crippen LogP contribution in [0.2, 0.25) is 0 Å². The molecule has 2 aromatic carbocycles. The average molecular weight is 427 g/mol. The summed E-state index contributed by atoms with van der Waals surface area (Å²) < 4.78 is 12.4. The SMILES string of the molecule is O=C(CSc1ccc2c(c1)OCCO2)N1CCC[C@H](c2nc3ccccc3s2)C1. The van der Waals surface area contributed by atoms with Gasteiger partial charge >= 0.3 is 0 Å². The van der Waals surface area contributed by atoms with Crippen molar-refractivity contribution >= 4 is 39.2 Å². The van der Waals surface area contributed by atoms with Gasteiger partial charge in [-0.15, -0.1) is 23.1 Å². The van der Waals surface area contributed by atoms with Crippen molar-refractivity contribution in [1.82, 2.24) is 9.88 Å². The number of ether oxygens (including phenoxy) is 2. The maximum atomic E-state index is 12.8. The van der Waals surface area contributed by atoms with Gasteiger partial charge in [0.1, 0.15) is 13.2 Å². The minimum Gasteiger partial charge on any atom is -0.486 e. The number of hydrogen-bond acceptors (Lipinski definition) is 6. The number of benzene rings is 2. The highest BCUT2D eigenvalue weighted by Crippen LogP contribution is 2.35. The molecule has 7 heteroatoms. The number of carbonyl (C=O) groups is 1. The van der Waals surface area contributed by atoms with Crippen molar-refractivity contribution in [1.29, 1.82) is 0 Å². The molecule has 5 rings (SSSR count). The van der Waals surface area contributed by atoms with Crippen LogP contribution in [-0.2, 0) is 4.79 Å². The van der Waals surface area contributed by atoms with E-state index in [1.807, 2.05) is 29.2 Å². The van der Waals surface area contributed by atoms with Gasteiger partial charge in [0, 0.05) is 23.9 Å². The van der Waals surface area contributed by atoms with Gasteiger partial charge in [0.05, 0.1) is 21.0 Å². The van der Waals surface area contributed by atoms with Crippen LogP contribution in [0.4, 0.5) is 0 Å². The highest BCUT2D eigenvalue weighted by atomic mass is 32.2. The van der Waals surface area contributed by atoms with E-state index in [0.717, 1.165) is 52.8 Å². The van der Waals surface area contributed by atoms with Crippen molar-refractivity contribution in [3.63, 3.8) is 0 Å². The molecule has 5 nitrogen and oxygen atoms in total. The number of thioether (sulfide) groups is 1. The van der Waals surface area contributed by atoms with Gasteiger partial charge in [-0.25, -0.2) is 4.98 Å². The third kappa shape index (κ3) is 4.07. The standard InChI is InChI=1S/C22H22N2O3S2/c25-21(14-28-16-7-8-18-19(12-16)27-11-10-26-18)24-9-3-4-15(13-24)22-23-17-5-1-2-6-20(17)29-22/h1-2,5-8,12,15H,3-4,9-11,13-14H2/t15-/m0/s1. The molecule has 0 saturated carbocycles. The molecular weight excluding hydrogens is 404 g/mol. The molecule has 150 valence electrons. The van der Waals surface area contributed by atoms with Gasteiger partial charge in [0.15, 0.2) is 11.5 Å². The van der Waals surface area contributed by atoms with E-state index in [1.54, 1.807) is 23.1 Å². The maximum Gasteiger partial charge on any atom is 0.232 e. The predicted molar refractivity (Wildman–Crippen MR) is 116 cm³/mol. The lowest BCUT2D eigenvalue weighted by molar-refractivity contribution is -0.129. The zero-order valence-electron chi connectivity index (χ0n) is 16.0. The van der Waals surface area contributed by atoms with Gasteiger partial charge in [-0.1, -0.05) is 12.1 Å². The highest BCUT2D eigenvalue weighted by Gasteiger charge is 2.27. The van der Waals surface area contributed by atoms with Crippen molar-refractivity contribution in [2.45, 2.75) is 23.7 Å². The molecule has 0 bridgehead atoms. The van der Waals surface area contributed by atoms with Crippen LogP contribution < -0.4 is 9.47 Å². The third-order valence-electron chi connectivity index (χ3n) is 5.31. The van der Waals surface area contributed by atoms with Gasteiger partial charge in [0.25, 0.3) is 0 Å². The summed E-state index contributed by atoms with van der Waals surface area (Å²) in [4.78, 5) is 20.7. The smallest absolute Gasteiger partial charge is 0.232 e. The quantitative estimate of drug-likeness (QED) is 0.572. The number of thiazole rings is 1. The molecule has 0 radical (unpaired) electrons. The molecule has 1 fully saturated rings. The lowest BCUT2D eigenvalue weighted by Crippen LogP contribution is -2.40. The number of aromatic nitrogens is 1. The Morgan fingerprint density at radius 1 is 1.17 bits per heavy atom. The largest absolute Gasteiger partial charge is 0.486 e. The van der Waals surface area contributed by atoms with E-state index < -0.39 is 0 Å². The molecule has 2 aliphatic heterocycles. The number of para-hydroxylation sites is 1. The van der Waals surface area contributed by atoms with Crippen LogP contribution >= 0.6 is 23.1 Å². The number of likely N-dealkylation sites (tertiary alicyclic amines) is 1. The summed E-state index contributed by atoms with van der Waals surface area (Å²) in [5, 5.41) is 1.16. The first-order valence-electron chi connectivity index (χ1n) is 9.92. The fourth-order valence-electron chi connectivity index (χ4n) is 3.82. The molecule has 1 saturated heterocycles. The predicted octanol–water partition coefficient (Wildman–Crippen LogP) is 4.57. The molecule has 0 unspecified atom stereocenters. The first kappa shape index (κ1) is 18.8. The van der Waals surface area contributed by atoms with Crippen molar-refractivity contribution < 1.29 is 14.3 Å². The lowest BCUT2D eigenvalue weighted by Gasteiger charge is -2.31. The topological polar surface area (TPSA) is 51.7 Å². The first-order valence-corrected chi connectivity index (χ1v) is 11.7. The van der Waals surface area contributed by atoms with E-state index in [1.165, 1.54) is 4.70 Å². The fraction of sp³-hybridized carbons (Fsp3) is 0.364. The Kier molecular flexibility index (Phi) is 5.33. The summed E-state index contributed by atoms with van der Waals surface area (Å²) in [6, 6.07) is 14.1. The van der Waals surface area contributed by atoms with Gasteiger partial charge in [-0.2, -0.15) is 0 Å². The second-order valence-electron chi connectivity index (χ2n) is 7.29. The van der Waals surface area contributed by atoms with Crippen LogP contribution in [0, 0.1) is 0 Å². The normalized spacial score (nSPS) is 18.8. The molecule has 2 aliphatic rings. The molecule has 1 atom stereocenters. The Morgan fingerprint density at radius 3 is 2.93 bits per heavy atom. The molecule has 0 N–H and O–H groups in total. The molecule has 1 amide bonds. The van der Waals surface area contributed by atoms with Crippen molar-refractivity contribution in [2.24, 2.45) is 0 Å². The molecule has 0 spiro atoms. The van der Waals surface area contributed by atoms with Crippen LogP contribution in [0.1, 0.15) is 23.8 Å². The average Bonchev–Trinajstić information content (AvgIpc) is 3.22. The van der Waals surface area contributed by atoms with Crippen molar-refractivity contribution in [3.8, 4) is 11.5 Å². The molecular formula is C22H22N2O3S2. The summed E-state index contributed by atoms with van der Waals surface area (Å²) in [6.07, 6.45) is 2.12. The van der Waals surface area contributed by atoms with Gasteiger partial charge < -0.3 is 14.4 Å².